The van der Waals surface area contributed by atoms with Crippen molar-refractivity contribution in [3.63, 3.8) is 0 Å². The lowest BCUT2D eigenvalue weighted by atomic mass is 10.1. The van der Waals surface area contributed by atoms with Crippen LogP contribution in [0.4, 0.5) is 5.69 Å². The maximum atomic E-state index is 14.0. The average Bonchev–Trinajstić information content (AvgIpc) is 2.95. The second-order valence-electron chi connectivity index (χ2n) is 9.24. The lowest BCUT2D eigenvalue weighted by Gasteiger charge is -2.32. The zero-order valence-corrected chi connectivity index (χ0v) is 24.2. The normalized spacial score (nSPS) is 12.0. The lowest BCUT2D eigenvalue weighted by Crippen LogP contribution is -2.51. The molecule has 3 rings (SSSR count). The van der Waals surface area contributed by atoms with Crippen molar-refractivity contribution in [2.75, 3.05) is 17.4 Å². The van der Waals surface area contributed by atoms with Crippen molar-refractivity contribution in [2.45, 2.75) is 57.5 Å². The molecule has 39 heavy (non-hydrogen) atoms. The third-order valence-corrected chi connectivity index (χ3v) is 8.69. The maximum Gasteiger partial charge on any atom is 0.264 e. The number of anilines is 1. The van der Waals surface area contributed by atoms with Crippen LogP contribution < -0.4 is 9.62 Å². The SMILES string of the molecule is CCCCNC(=O)[C@@H](C)N(Cc1ccccc1Cl)C(=O)CN(c1ccccc1CC)S(=O)(=O)c1ccccc1. The number of nitrogens with zero attached hydrogens (tertiary/aromatic N) is 2. The van der Waals surface area contributed by atoms with Gasteiger partial charge < -0.3 is 10.2 Å². The number of aryl methyl sites for hydroxylation is 1. The molecule has 0 aliphatic heterocycles. The van der Waals surface area contributed by atoms with Gasteiger partial charge in [-0.1, -0.05) is 86.5 Å². The molecule has 0 fully saturated rings. The summed E-state index contributed by atoms with van der Waals surface area (Å²) in [7, 11) is -4.10. The zero-order valence-electron chi connectivity index (χ0n) is 22.6. The first-order valence-electron chi connectivity index (χ1n) is 13.2. The first-order chi connectivity index (χ1) is 18.7. The lowest BCUT2D eigenvalue weighted by molar-refractivity contribution is -0.139. The Morgan fingerprint density at radius 3 is 2.15 bits per heavy atom. The number of amides is 2. The fourth-order valence-electron chi connectivity index (χ4n) is 4.21. The van der Waals surface area contributed by atoms with Gasteiger partial charge in [0, 0.05) is 18.1 Å². The fraction of sp³-hybridized carbons (Fsp3) is 0.333. The highest BCUT2D eigenvalue weighted by atomic mass is 35.5. The Hall–Kier alpha value is -3.36. The van der Waals surface area contributed by atoms with Gasteiger partial charge in [0.25, 0.3) is 10.0 Å². The number of benzene rings is 3. The van der Waals surface area contributed by atoms with Crippen molar-refractivity contribution >= 4 is 39.1 Å². The molecule has 0 unspecified atom stereocenters. The molecule has 0 heterocycles. The summed E-state index contributed by atoms with van der Waals surface area (Å²) in [5, 5.41) is 3.34. The number of carbonyl (C=O) groups excluding carboxylic acids is 2. The summed E-state index contributed by atoms with van der Waals surface area (Å²) in [6.45, 7) is 5.66. The minimum absolute atomic E-state index is 0.0511. The third-order valence-electron chi connectivity index (χ3n) is 6.55. The summed E-state index contributed by atoms with van der Waals surface area (Å²) in [5.41, 5.74) is 1.87. The van der Waals surface area contributed by atoms with Gasteiger partial charge in [-0.15, -0.1) is 0 Å². The number of nitrogens with one attached hydrogen (secondary N) is 1. The van der Waals surface area contributed by atoms with E-state index in [1.807, 2.05) is 26.0 Å². The van der Waals surface area contributed by atoms with Gasteiger partial charge >= 0.3 is 0 Å². The molecule has 3 aromatic carbocycles. The van der Waals surface area contributed by atoms with Crippen LogP contribution in [0, 0.1) is 0 Å². The van der Waals surface area contributed by atoms with Crippen molar-refractivity contribution in [2.24, 2.45) is 0 Å². The molecule has 208 valence electrons. The van der Waals surface area contributed by atoms with E-state index in [9.17, 15) is 18.0 Å². The molecule has 7 nitrogen and oxygen atoms in total. The summed E-state index contributed by atoms with van der Waals surface area (Å²) in [5.74, 6) is -0.825. The highest BCUT2D eigenvalue weighted by molar-refractivity contribution is 7.92. The molecule has 0 saturated carbocycles. The van der Waals surface area contributed by atoms with Gasteiger partial charge in [-0.05, 0) is 55.2 Å². The van der Waals surface area contributed by atoms with Crippen LogP contribution in [0.1, 0.15) is 44.7 Å². The number of carbonyl (C=O) groups is 2. The number of halogens is 1. The van der Waals surface area contributed by atoms with Crippen LogP contribution in [0.5, 0.6) is 0 Å². The molecule has 2 amide bonds. The monoisotopic (exact) mass is 569 g/mol. The Balaban J connectivity index is 2.03. The van der Waals surface area contributed by atoms with Crippen LogP contribution in [0.15, 0.2) is 83.8 Å². The van der Waals surface area contributed by atoms with Crippen molar-refractivity contribution in [3.05, 3.63) is 95.0 Å². The van der Waals surface area contributed by atoms with E-state index in [4.69, 9.17) is 11.6 Å². The van der Waals surface area contributed by atoms with E-state index in [-0.39, 0.29) is 17.3 Å². The average molecular weight is 570 g/mol. The molecular weight excluding hydrogens is 534 g/mol. The number of para-hydroxylation sites is 1. The van der Waals surface area contributed by atoms with Crippen LogP contribution >= 0.6 is 11.6 Å². The first-order valence-corrected chi connectivity index (χ1v) is 15.0. The Morgan fingerprint density at radius 2 is 1.51 bits per heavy atom. The first kappa shape index (κ1) is 30.2. The highest BCUT2D eigenvalue weighted by Crippen LogP contribution is 2.28. The van der Waals surface area contributed by atoms with E-state index in [0.29, 0.717) is 29.2 Å². The van der Waals surface area contributed by atoms with Gasteiger partial charge in [-0.2, -0.15) is 0 Å². The molecule has 0 aliphatic carbocycles. The van der Waals surface area contributed by atoms with Gasteiger partial charge in [0.05, 0.1) is 10.6 Å². The Morgan fingerprint density at radius 1 is 0.897 bits per heavy atom. The highest BCUT2D eigenvalue weighted by Gasteiger charge is 2.33. The Bertz CT molecular complexity index is 1370. The van der Waals surface area contributed by atoms with Crippen LogP contribution in [0.2, 0.25) is 5.02 Å². The largest absolute Gasteiger partial charge is 0.354 e. The van der Waals surface area contributed by atoms with E-state index in [1.165, 1.54) is 17.0 Å². The standard InChI is InChI=1S/C30H36ClN3O4S/c1-4-6-20-32-30(36)23(3)33(21-25-15-10-12-18-27(25)31)29(35)22-34(28-19-13-11-14-24(28)5-2)39(37,38)26-16-8-7-9-17-26/h7-19,23H,4-6,20-22H2,1-3H3,(H,32,36)/t23-/m1/s1. The molecule has 1 N–H and O–H groups in total. The van der Waals surface area contributed by atoms with Gasteiger partial charge in [-0.3, -0.25) is 13.9 Å². The van der Waals surface area contributed by atoms with Gasteiger partial charge in [0.15, 0.2) is 0 Å². The van der Waals surface area contributed by atoms with E-state index in [2.05, 4.69) is 5.32 Å². The fourth-order valence-corrected chi connectivity index (χ4v) is 5.88. The van der Waals surface area contributed by atoms with E-state index < -0.39 is 28.5 Å². The molecule has 0 aliphatic rings. The minimum Gasteiger partial charge on any atom is -0.354 e. The molecule has 0 radical (unpaired) electrons. The Labute approximate surface area is 236 Å². The van der Waals surface area contributed by atoms with Crippen LogP contribution in [0.3, 0.4) is 0 Å². The topological polar surface area (TPSA) is 86.8 Å². The summed E-state index contributed by atoms with van der Waals surface area (Å²) in [4.78, 5) is 28.5. The number of hydrogen-bond donors (Lipinski definition) is 1. The zero-order chi connectivity index (χ0) is 28.4. The number of hydrogen-bond acceptors (Lipinski definition) is 4. The van der Waals surface area contributed by atoms with E-state index in [0.717, 1.165) is 22.7 Å². The second-order valence-corrected chi connectivity index (χ2v) is 11.5. The molecule has 1 atom stereocenters. The molecule has 0 saturated heterocycles. The third kappa shape index (κ3) is 7.61. The Kier molecular flexibility index (Phi) is 10.9. The molecule has 9 heteroatoms. The number of rotatable bonds is 13. The van der Waals surface area contributed by atoms with Crippen molar-refractivity contribution in [3.8, 4) is 0 Å². The van der Waals surface area contributed by atoms with Crippen LogP contribution in [0.25, 0.3) is 0 Å². The number of sulfonamides is 1. The predicted molar refractivity (Wildman–Crippen MR) is 156 cm³/mol. The summed E-state index contributed by atoms with van der Waals surface area (Å²) < 4.78 is 29.0. The molecule has 0 aromatic heterocycles. The molecule has 0 spiro atoms. The van der Waals surface area contributed by atoms with Crippen molar-refractivity contribution < 1.29 is 18.0 Å². The quantitative estimate of drug-likeness (QED) is 0.278. The number of unbranched alkanes of at least 4 members (excludes halogenated alkanes) is 1. The maximum absolute atomic E-state index is 14.0. The molecule has 0 bridgehead atoms. The van der Waals surface area contributed by atoms with Crippen LogP contribution in [-0.4, -0.2) is 44.3 Å². The van der Waals surface area contributed by atoms with Crippen molar-refractivity contribution in [1.82, 2.24) is 10.2 Å². The second kappa shape index (κ2) is 14.1. The van der Waals surface area contributed by atoms with Gasteiger partial charge in [0.1, 0.15) is 12.6 Å². The van der Waals surface area contributed by atoms with Crippen molar-refractivity contribution in [1.29, 1.82) is 0 Å². The van der Waals surface area contributed by atoms with E-state index in [1.54, 1.807) is 61.5 Å². The predicted octanol–water partition coefficient (Wildman–Crippen LogP) is 5.43. The summed E-state index contributed by atoms with van der Waals surface area (Å²) in [6.07, 6.45) is 2.30. The molecular formula is C30H36ClN3O4S. The van der Waals surface area contributed by atoms with Gasteiger partial charge in [-0.25, -0.2) is 8.42 Å². The smallest absolute Gasteiger partial charge is 0.264 e. The van der Waals surface area contributed by atoms with Crippen LogP contribution in [-0.2, 0) is 32.6 Å². The summed E-state index contributed by atoms with van der Waals surface area (Å²) in [6, 6.07) is 21.4. The summed E-state index contributed by atoms with van der Waals surface area (Å²) >= 11 is 6.41. The van der Waals surface area contributed by atoms with Gasteiger partial charge in [0.2, 0.25) is 11.8 Å². The molecule has 3 aromatic rings. The minimum atomic E-state index is -4.10. The van der Waals surface area contributed by atoms with E-state index >= 15 is 0 Å².